The fraction of sp³-hybridized carbons (Fsp3) is 0.321. The Labute approximate surface area is 210 Å². The monoisotopic (exact) mass is 489 g/mol. The maximum Gasteiger partial charge on any atom is 0.275 e. The van der Waals surface area contributed by atoms with Crippen LogP contribution >= 0.6 is 11.3 Å². The third-order valence-corrected chi connectivity index (χ3v) is 7.40. The first-order valence-corrected chi connectivity index (χ1v) is 12.7. The number of methoxy groups -OCH3 is 1. The molecule has 1 fully saturated rings. The van der Waals surface area contributed by atoms with E-state index in [2.05, 4.69) is 48.1 Å². The number of thiazole rings is 1. The van der Waals surface area contributed by atoms with Crippen LogP contribution in [-0.4, -0.2) is 41.9 Å². The summed E-state index contributed by atoms with van der Waals surface area (Å²) in [5.41, 5.74) is 4.41. The molecule has 1 N–H and O–H groups in total. The van der Waals surface area contributed by atoms with Crippen LogP contribution in [0, 0.1) is 6.92 Å². The Hall–Kier alpha value is -3.45. The van der Waals surface area contributed by atoms with E-state index in [1.165, 1.54) is 16.9 Å². The number of aryl methyl sites for hydroxylation is 1. The number of anilines is 1. The Morgan fingerprint density at radius 2 is 1.83 bits per heavy atom. The molecular weight excluding hydrogens is 458 g/mol. The van der Waals surface area contributed by atoms with E-state index in [0.29, 0.717) is 37.4 Å². The van der Waals surface area contributed by atoms with Gasteiger partial charge in [0.2, 0.25) is 5.91 Å². The summed E-state index contributed by atoms with van der Waals surface area (Å²) >= 11 is 1.52. The summed E-state index contributed by atoms with van der Waals surface area (Å²) < 4.78 is 5.05. The maximum atomic E-state index is 13.0. The second kappa shape index (κ2) is 11.3. The van der Waals surface area contributed by atoms with E-state index in [4.69, 9.17) is 4.74 Å². The number of carbonyl (C=O) groups excluding carboxylic acids is 2. The lowest BCUT2D eigenvalue weighted by Crippen LogP contribution is -2.37. The van der Waals surface area contributed by atoms with Gasteiger partial charge in [0.05, 0.1) is 17.9 Å². The molecule has 2 heterocycles. The summed E-state index contributed by atoms with van der Waals surface area (Å²) in [4.78, 5) is 32.0. The first-order chi connectivity index (χ1) is 16.9. The van der Waals surface area contributed by atoms with Gasteiger partial charge in [-0.25, -0.2) is 4.98 Å². The molecule has 4 rings (SSSR count). The van der Waals surface area contributed by atoms with E-state index >= 15 is 0 Å². The molecule has 0 radical (unpaired) electrons. The van der Waals surface area contributed by atoms with E-state index in [9.17, 15) is 9.59 Å². The SMILES string of the molecule is C=C(CCC(=O)N1CCC(c2nc(C(=O)Nc3ccccc3-c3ccc(C)cc3)cs2)CC1)OC. The number of rotatable bonds is 8. The second-order valence-corrected chi connectivity index (χ2v) is 9.72. The van der Waals surface area contributed by atoms with Gasteiger partial charge in [0.1, 0.15) is 5.69 Å². The molecule has 0 unspecified atom stereocenters. The van der Waals surface area contributed by atoms with Crippen LogP contribution in [0.2, 0.25) is 0 Å². The number of allylic oxidation sites excluding steroid dienone is 1. The van der Waals surface area contributed by atoms with Crippen LogP contribution in [0.15, 0.2) is 66.2 Å². The zero-order chi connectivity index (χ0) is 24.8. The standard InChI is InChI=1S/C28H31N3O3S/c1-19-8-11-21(12-9-19)23-6-4-5-7-24(23)29-27(33)25-18-35-28(30-25)22-14-16-31(17-15-22)26(32)13-10-20(2)34-3/h4-9,11-12,18,22H,2,10,13-17H2,1,3H3,(H,29,33). The van der Waals surface area contributed by atoms with E-state index < -0.39 is 0 Å². The van der Waals surface area contributed by atoms with Crippen molar-refractivity contribution in [2.24, 2.45) is 0 Å². The first-order valence-electron chi connectivity index (χ1n) is 11.9. The lowest BCUT2D eigenvalue weighted by molar-refractivity contribution is -0.132. The number of likely N-dealkylation sites (tertiary alicyclic amines) is 1. The van der Waals surface area contributed by atoms with Gasteiger partial charge < -0.3 is 15.0 Å². The Balaban J connectivity index is 1.36. The molecule has 1 aliphatic rings. The van der Waals surface area contributed by atoms with Crippen LogP contribution in [0.3, 0.4) is 0 Å². The first kappa shape index (κ1) is 24.7. The molecule has 3 aromatic rings. The summed E-state index contributed by atoms with van der Waals surface area (Å²) in [6, 6.07) is 16.1. The summed E-state index contributed by atoms with van der Waals surface area (Å²) in [5.74, 6) is 0.814. The Bertz CT molecular complexity index is 1190. The number of benzene rings is 2. The van der Waals surface area contributed by atoms with Gasteiger partial charge in [0.25, 0.3) is 5.91 Å². The van der Waals surface area contributed by atoms with Crippen LogP contribution in [0.5, 0.6) is 0 Å². The number of nitrogens with one attached hydrogen (secondary N) is 1. The fourth-order valence-corrected chi connectivity index (χ4v) is 5.20. The Morgan fingerprint density at radius 3 is 2.54 bits per heavy atom. The van der Waals surface area contributed by atoms with Crippen molar-refractivity contribution in [1.82, 2.24) is 9.88 Å². The van der Waals surface area contributed by atoms with Crippen molar-refractivity contribution in [2.45, 2.75) is 38.5 Å². The van der Waals surface area contributed by atoms with Gasteiger partial charge in [-0.2, -0.15) is 0 Å². The molecule has 1 saturated heterocycles. The maximum absolute atomic E-state index is 13.0. The summed E-state index contributed by atoms with van der Waals surface area (Å²) in [7, 11) is 1.57. The number of aromatic nitrogens is 1. The molecule has 7 heteroatoms. The lowest BCUT2D eigenvalue weighted by atomic mass is 9.97. The number of amides is 2. The van der Waals surface area contributed by atoms with Gasteiger partial charge in [0.15, 0.2) is 0 Å². The number of para-hydroxylation sites is 1. The predicted octanol–water partition coefficient (Wildman–Crippen LogP) is 6.02. The van der Waals surface area contributed by atoms with Crippen LogP contribution < -0.4 is 5.32 Å². The molecule has 1 aromatic heterocycles. The molecule has 6 nitrogen and oxygen atoms in total. The highest BCUT2D eigenvalue weighted by Gasteiger charge is 2.26. The zero-order valence-corrected chi connectivity index (χ0v) is 21.1. The normalized spacial score (nSPS) is 13.9. The fourth-order valence-electron chi connectivity index (χ4n) is 4.23. The van der Waals surface area contributed by atoms with Crippen molar-refractivity contribution in [1.29, 1.82) is 0 Å². The smallest absolute Gasteiger partial charge is 0.275 e. The Morgan fingerprint density at radius 1 is 1.11 bits per heavy atom. The number of piperidine rings is 1. The van der Waals surface area contributed by atoms with Gasteiger partial charge in [-0.1, -0.05) is 54.6 Å². The van der Waals surface area contributed by atoms with E-state index in [1.54, 1.807) is 7.11 Å². The predicted molar refractivity (Wildman–Crippen MR) is 141 cm³/mol. The van der Waals surface area contributed by atoms with Gasteiger partial charge >= 0.3 is 0 Å². The summed E-state index contributed by atoms with van der Waals surface area (Å²) in [6.07, 6.45) is 2.67. The van der Waals surface area contributed by atoms with E-state index in [1.807, 2.05) is 34.5 Å². The summed E-state index contributed by atoms with van der Waals surface area (Å²) in [5, 5.41) is 5.83. The second-order valence-electron chi connectivity index (χ2n) is 8.83. The van der Waals surface area contributed by atoms with Crippen LogP contribution in [-0.2, 0) is 9.53 Å². The third-order valence-electron chi connectivity index (χ3n) is 6.40. The molecule has 0 spiro atoms. The van der Waals surface area contributed by atoms with Crippen molar-refractivity contribution < 1.29 is 14.3 Å². The molecular formula is C28H31N3O3S. The lowest BCUT2D eigenvalue weighted by Gasteiger charge is -2.31. The average Bonchev–Trinajstić information content (AvgIpc) is 3.39. The third kappa shape index (κ3) is 6.17. The zero-order valence-electron chi connectivity index (χ0n) is 20.3. The molecule has 0 saturated carbocycles. The highest BCUT2D eigenvalue weighted by molar-refractivity contribution is 7.10. The van der Waals surface area contributed by atoms with Crippen molar-refractivity contribution in [3.05, 3.63) is 82.5 Å². The highest BCUT2D eigenvalue weighted by Crippen LogP contribution is 2.32. The number of ether oxygens (including phenoxy) is 1. The van der Waals surface area contributed by atoms with Crippen molar-refractivity contribution in [2.75, 3.05) is 25.5 Å². The quantitative estimate of drug-likeness (QED) is 0.393. The number of carbonyl (C=O) groups is 2. The molecule has 0 aliphatic carbocycles. The minimum Gasteiger partial charge on any atom is -0.502 e. The van der Waals surface area contributed by atoms with Crippen molar-refractivity contribution >= 4 is 28.8 Å². The minimum absolute atomic E-state index is 0.132. The van der Waals surface area contributed by atoms with Crippen molar-refractivity contribution in [3.8, 4) is 11.1 Å². The van der Waals surface area contributed by atoms with Crippen LogP contribution in [0.4, 0.5) is 5.69 Å². The molecule has 0 bridgehead atoms. The van der Waals surface area contributed by atoms with E-state index in [-0.39, 0.29) is 17.7 Å². The molecule has 2 amide bonds. The number of nitrogens with zero attached hydrogens (tertiary/aromatic N) is 2. The number of hydrogen-bond acceptors (Lipinski definition) is 5. The van der Waals surface area contributed by atoms with Crippen LogP contribution in [0.25, 0.3) is 11.1 Å². The molecule has 182 valence electrons. The van der Waals surface area contributed by atoms with Crippen molar-refractivity contribution in [3.63, 3.8) is 0 Å². The largest absolute Gasteiger partial charge is 0.502 e. The Kier molecular flexibility index (Phi) is 7.98. The molecule has 0 atom stereocenters. The summed E-state index contributed by atoms with van der Waals surface area (Å²) in [6.45, 7) is 7.24. The molecule has 35 heavy (non-hydrogen) atoms. The van der Waals surface area contributed by atoms with Gasteiger partial charge in [-0.05, 0) is 31.4 Å². The van der Waals surface area contributed by atoms with Gasteiger partial charge in [-0.15, -0.1) is 11.3 Å². The minimum atomic E-state index is -0.210. The molecule has 1 aliphatic heterocycles. The van der Waals surface area contributed by atoms with Gasteiger partial charge in [0, 0.05) is 48.5 Å². The highest BCUT2D eigenvalue weighted by atomic mass is 32.1. The van der Waals surface area contributed by atoms with Gasteiger partial charge in [-0.3, -0.25) is 9.59 Å². The number of hydrogen-bond donors (Lipinski definition) is 1. The molecule has 2 aromatic carbocycles. The topological polar surface area (TPSA) is 71.5 Å². The average molecular weight is 490 g/mol. The van der Waals surface area contributed by atoms with Crippen LogP contribution in [0.1, 0.15) is 52.7 Å². The van der Waals surface area contributed by atoms with E-state index in [0.717, 1.165) is 34.7 Å².